The molecule has 2 atom stereocenters. The van der Waals surface area contributed by atoms with Gasteiger partial charge in [0.05, 0.1) is 51.2 Å². The quantitative estimate of drug-likeness (QED) is 0.524. The molecule has 33 heavy (non-hydrogen) atoms. The Morgan fingerprint density at radius 3 is 2.36 bits per heavy atom. The molecule has 1 amide bonds. The maximum absolute atomic E-state index is 12.9. The summed E-state index contributed by atoms with van der Waals surface area (Å²) in [6, 6.07) is 7.69. The predicted molar refractivity (Wildman–Crippen MR) is 131 cm³/mol. The molecule has 1 aromatic carbocycles. The maximum Gasteiger partial charge on any atom is 0.239 e. The van der Waals surface area contributed by atoms with Crippen molar-refractivity contribution < 1.29 is 22.4 Å². The molecule has 0 saturated carbocycles. The molecule has 0 spiro atoms. The molecule has 8 nitrogen and oxygen atoms in total. The molecule has 0 aliphatic carbocycles. The van der Waals surface area contributed by atoms with Crippen LogP contribution < -0.4 is 10.5 Å². The van der Waals surface area contributed by atoms with Crippen LogP contribution in [0.3, 0.4) is 0 Å². The molecule has 0 bridgehead atoms. The largest absolute Gasteiger partial charge is 0.378 e. The standard InChI is InChI=1S/C24H41N4O4S/c1-4-13-28(19(2)18-20-5-7-22(8-6-20)26-33(3,30)31)14-9-21(10-15-28)23(25)24(29)27-11-16-32-17-12-27/h5-8,19,21,23,26H,4,9-18,25H2,1-3H3/q+1. The van der Waals surface area contributed by atoms with Gasteiger partial charge in [-0.1, -0.05) is 19.1 Å². The summed E-state index contributed by atoms with van der Waals surface area (Å²) in [6.07, 6.45) is 5.15. The predicted octanol–water partition coefficient (Wildman–Crippen LogP) is 1.81. The van der Waals surface area contributed by atoms with E-state index in [-0.39, 0.29) is 11.8 Å². The van der Waals surface area contributed by atoms with E-state index in [1.165, 1.54) is 5.56 Å². The molecule has 2 fully saturated rings. The van der Waals surface area contributed by atoms with Gasteiger partial charge in [-0.05, 0) is 37.0 Å². The van der Waals surface area contributed by atoms with Crippen molar-refractivity contribution in [3.63, 3.8) is 0 Å². The highest BCUT2D eigenvalue weighted by Gasteiger charge is 2.41. The van der Waals surface area contributed by atoms with Crippen molar-refractivity contribution in [2.45, 2.75) is 51.6 Å². The van der Waals surface area contributed by atoms with Crippen molar-refractivity contribution in [2.24, 2.45) is 11.7 Å². The molecule has 3 rings (SSSR count). The number of anilines is 1. The average molecular weight is 482 g/mol. The van der Waals surface area contributed by atoms with Crippen LogP contribution in [0.2, 0.25) is 0 Å². The first kappa shape index (κ1) is 25.9. The number of nitrogens with zero attached hydrogens (tertiary/aromatic N) is 2. The van der Waals surface area contributed by atoms with E-state index < -0.39 is 16.1 Å². The van der Waals surface area contributed by atoms with Crippen molar-refractivity contribution >= 4 is 21.6 Å². The zero-order chi connectivity index (χ0) is 24.1. The van der Waals surface area contributed by atoms with Crippen LogP contribution in [0.1, 0.15) is 38.7 Å². The van der Waals surface area contributed by atoms with Crippen LogP contribution in [0, 0.1) is 5.92 Å². The molecule has 3 N–H and O–H groups in total. The van der Waals surface area contributed by atoms with Gasteiger partial charge >= 0.3 is 0 Å². The van der Waals surface area contributed by atoms with Crippen LogP contribution >= 0.6 is 0 Å². The highest BCUT2D eigenvalue weighted by molar-refractivity contribution is 7.92. The Bertz CT molecular complexity index is 876. The number of rotatable bonds is 9. The summed E-state index contributed by atoms with van der Waals surface area (Å²) in [6.45, 7) is 10.2. The summed E-state index contributed by atoms with van der Waals surface area (Å²) in [5.74, 6) is 0.312. The highest BCUT2D eigenvalue weighted by atomic mass is 32.2. The lowest BCUT2D eigenvalue weighted by atomic mass is 9.86. The second kappa shape index (κ2) is 11.2. The third-order valence-electron chi connectivity index (χ3n) is 7.40. The minimum atomic E-state index is -3.27. The molecule has 2 aliphatic rings. The molecule has 2 heterocycles. The second-order valence-electron chi connectivity index (χ2n) is 9.81. The lowest BCUT2D eigenvalue weighted by molar-refractivity contribution is -0.954. The van der Waals surface area contributed by atoms with Crippen LogP contribution in [-0.2, 0) is 26.0 Å². The number of nitrogens with one attached hydrogen (secondary N) is 1. The van der Waals surface area contributed by atoms with E-state index in [0.29, 0.717) is 38.0 Å². The average Bonchev–Trinajstić information content (AvgIpc) is 2.79. The van der Waals surface area contributed by atoms with Crippen LogP contribution in [0.25, 0.3) is 0 Å². The molecule has 186 valence electrons. The third kappa shape index (κ3) is 6.91. The van der Waals surface area contributed by atoms with Crippen molar-refractivity contribution in [3.05, 3.63) is 29.8 Å². The fourth-order valence-corrected chi connectivity index (χ4v) is 6.01. The van der Waals surface area contributed by atoms with Gasteiger partial charge in [-0.2, -0.15) is 0 Å². The van der Waals surface area contributed by atoms with Gasteiger partial charge in [0.1, 0.15) is 0 Å². The summed E-state index contributed by atoms with van der Waals surface area (Å²) in [7, 11) is -3.27. The summed E-state index contributed by atoms with van der Waals surface area (Å²) in [5.41, 5.74) is 8.25. The fourth-order valence-electron chi connectivity index (χ4n) is 5.45. The second-order valence-corrected chi connectivity index (χ2v) is 11.6. The third-order valence-corrected chi connectivity index (χ3v) is 8.00. The van der Waals surface area contributed by atoms with Gasteiger partial charge in [0, 0.05) is 38.0 Å². The number of quaternary nitrogens is 1. The Hall–Kier alpha value is -1.68. The van der Waals surface area contributed by atoms with Gasteiger partial charge in [0.2, 0.25) is 15.9 Å². The van der Waals surface area contributed by atoms with E-state index in [9.17, 15) is 13.2 Å². The monoisotopic (exact) mass is 481 g/mol. The first-order chi connectivity index (χ1) is 15.6. The fraction of sp³-hybridized carbons (Fsp3) is 0.708. The number of piperidine rings is 1. The normalized spacial score (nSPS) is 25.9. The Morgan fingerprint density at radius 1 is 1.21 bits per heavy atom. The van der Waals surface area contributed by atoms with E-state index >= 15 is 0 Å². The van der Waals surface area contributed by atoms with Gasteiger partial charge in [0.15, 0.2) is 0 Å². The number of likely N-dealkylation sites (tertiary alicyclic amines) is 1. The van der Waals surface area contributed by atoms with Gasteiger partial charge in [-0.15, -0.1) is 0 Å². The van der Waals surface area contributed by atoms with Gasteiger partial charge in [0.25, 0.3) is 0 Å². The molecule has 1 aromatic rings. The molecular formula is C24H41N4O4S+. The molecular weight excluding hydrogens is 440 g/mol. The first-order valence-corrected chi connectivity index (χ1v) is 14.1. The molecule has 2 aliphatic heterocycles. The summed E-state index contributed by atoms with van der Waals surface area (Å²) in [4.78, 5) is 14.7. The Balaban J connectivity index is 1.60. The zero-order valence-electron chi connectivity index (χ0n) is 20.3. The Morgan fingerprint density at radius 2 is 1.82 bits per heavy atom. The summed E-state index contributed by atoms with van der Waals surface area (Å²) in [5, 5.41) is 0. The van der Waals surface area contributed by atoms with E-state index in [1.807, 2.05) is 29.2 Å². The van der Waals surface area contributed by atoms with E-state index in [2.05, 4.69) is 18.6 Å². The van der Waals surface area contributed by atoms with Gasteiger partial charge in [-0.3, -0.25) is 9.52 Å². The molecule has 0 radical (unpaired) electrons. The number of ether oxygens (including phenoxy) is 1. The van der Waals surface area contributed by atoms with Crippen molar-refractivity contribution in [1.29, 1.82) is 0 Å². The first-order valence-electron chi connectivity index (χ1n) is 12.2. The van der Waals surface area contributed by atoms with Gasteiger partial charge < -0.3 is 19.9 Å². The summed E-state index contributed by atoms with van der Waals surface area (Å²) >= 11 is 0. The smallest absolute Gasteiger partial charge is 0.239 e. The lowest BCUT2D eigenvalue weighted by Crippen LogP contribution is -2.61. The van der Waals surface area contributed by atoms with Crippen molar-refractivity contribution in [3.8, 4) is 0 Å². The number of amides is 1. The number of benzene rings is 1. The Kier molecular flexibility index (Phi) is 8.77. The maximum atomic E-state index is 12.9. The van der Waals surface area contributed by atoms with Crippen LogP contribution in [0.5, 0.6) is 0 Å². The number of hydrogen-bond acceptors (Lipinski definition) is 5. The minimum absolute atomic E-state index is 0.0784. The van der Waals surface area contributed by atoms with E-state index in [4.69, 9.17) is 10.5 Å². The number of nitrogens with two attached hydrogens (primary N) is 1. The van der Waals surface area contributed by atoms with E-state index in [1.54, 1.807) is 0 Å². The zero-order valence-corrected chi connectivity index (χ0v) is 21.1. The molecule has 2 saturated heterocycles. The van der Waals surface area contributed by atoms with Crippen molar-refractivity contribution in [1.82, 2.24) is 4.90 Å². The molecule has 0 aromatic heterocycles. The number of sulfonamides is 1. The van der Waals surface area contributed by atoms with Crippen LogP contribution in [0.4, 0.5) is 5.69 Å². The highest BCUT2D eigenvalue weighted by Crippen LogP contribution is 2.31. The Labute approximate surface area is 199 Å². The molecule has 9 heteroatoms. The number of hydrogen-bond donors (Lipinski definition) is 2. The molecule has 2 unspecified atom stereocenters. The number of carbonyl (C=O) groups is 1. The summed E-state index contributed by atoms with van der Waals surface area (Å²) < 4.78 is 31.8. The van der Waals surface area contributed by atoms with Crippen LogP contribution in [0.15, 0.2) is 24.3 Å². The SMILES string of the molecule is CCC[N+]1(C(C)Cc2ccc(NS(C)(=O)=O)cc2)CCC(C(N)C(=O)N2CCOCC2)CC1. The number of carbonyl (C=O) groups excluding carboxylic acids is 1. The number of morpholine rings is 1. The lowest BCUT2D eigenvalue weighted by Gasteiger charge is -2.49. The van der Waals surface area contributed by atoms with Crippen molar-refractivity contribution in [2.75, 3.05) is 56.9 Å². The minimum Gasteiger partial charge on any atom is -0.378 e. The van der Waals surface area contributed by atoms with E-state index in [0.717, 1.165) is 56.1 Å². The van der Waals surface area contributed by atoms with Crippen LogP contribution in [-0.4, -0.2) is 88.0 Å². The topological polar surface area (TPSA) is 102 Å². The van der Waals surface area contributed by atoms with Gasteiger partial charge in [-0.25, -0.2) is 8.42 Å².